The predicted molar refractivity (Wildman–Crippen MR) is 92.4 cm³/mol. The Labute approximate surface area is 149 Å². The van der Waals surface area contributed by atoms with E-state index in [2.05, 4.69) is 0 Å². The number of amides is 1. The fourth-order valence-electron chi connectivity index (χ4n) is 4.68. The van der Waals surface area contributed by atoms with Crippen LogP contribution in [0.25, 0.3) is 0 Å². The molecule has 7 nitrogen and oxygen atoms in total. The van der Waals surface area contributed by atoms with Crippen LogP contribution in [0.5, 0.6) is 0 Å². The molecule has 1 heterocycles. The van der Waals surface area contributed by atoms with Crippen molar-refractivity contribution in [2.24, 2.45) is 11.3 Å². The normalized spacial score (nSPS) is 26.7. The summed E-state index contributed by atoms with van der Waals surface area (Å²) in [4.78, 5) is 25.8. The lowest BCUT2D eigenvalue weighted by molar-refractivity contribution is -0.148. The fraction of sp³-hybridized carbons (Fsp3) is 0.882. The molecule has 1 saturated heterocycles. The second-order valence-electron chi connectivity index (χ2n) is 7.72. The molecule has 3 rings (SSSR count). The average molecular weight is 372 g/mol. The number of aliphatic carboxylic acids is 1. The molecule has 1 amide bonds. The number of nitrogens with zero attached hydrogens (tertiary/aromatic N) is 2. The van der Waals surface area contributed by atoms with Crippen LogP contribution in [-0.4, -0.2) is 66.0 Å². The third-order valence-electron chi connectivity index (χ3n) is 6.30. The molecule has 0 aromatic carbocycles. The summed E-state index contributed by atoms with van der Waals surface area (Å²) in [5.74, 6) is -0.981. The van der Waals surface area contributed by atoms with Gasteiger partial charge in [0.15, 0.2) is 0 Å². The predicted octanol–water partition coefficient (Wildman–Crippen LogP) is 1.29. The van der Waals surface area contributed by atoms with Crippen molar-refractivity contribution in [3.05, 3.63) is 0 Å². The van der Waals surface area contributed by atoms with Crippen LogP contribution in [0.3, 0.4) is 0 Å². The minimum atomic E-state index is -3.22. The van der Waals surface area contributed by atoms with Gasteiger partial charge >= 0.3 is 5.97 Å². The third kappa shape index (κ3) is 3.69. The molecule has 3 aliphatic rings. The molecule has 1 N–H and O–H groups in total. The monoisotopic (exact) mass is 372 g/mol. The van der Waals surface area contributed by atoms with Crippen molar-refractivity contribution in [3.63, 3.8) is 0 Å². The molecule has 1 unspecified atom stereocenters. The quantitative estimate of drug-likeness (QED) is 0.758. The molecule has 1 aliphatic heterocycles. The van der Waals surface area contributed by atoms with Gasteiger partial charge in [-0.25, -0.2) is 12.7 Å². The first-order valence-corrected chi connectivity index (χ1v) is 10.9. The lowest BCUT2D eigenvalue weighted by atomic mass is 9.99. The number of carbonyl (C=O) groups excluding carboxylic acids is 1. The summed E-state index contributed by atoms with van der Waals surface area (Å²) in [6, 6.07) is -0.175. The lowest BCUT2D eigenvalue weighted by Crippen LogP contribution is -2.51. The van der Waals surface area contributed by atoms with E-state index in [0.717, 1.165) is 32.1 Å². The smallest absolute Gasteiger partial charge is 0.323 e. The third-order valence-corrected chi connectivity index (χ3v) is 8.18. The topological polar surface area (TPSA) is 95.0 Å². The Bertz CT molecular complexity index is 633. The van der Waals surface area contributed by atoms with Gasteiger partial charge in [-0.3, -0.25) is 9.59 Å². The SMILES string of the molecule is CCS(=O)(=O)N1CCC(N(CC(=O)O)C(=O)C2CC23CCCC3)CC1. The zero-order chi connectivity index (χ0) is 18.2. The fourth-order valence-corrected chi connectivity index (χ4v) is 5.81. The van der Waals surface area contributed by atoms with E-state index in [1.165, 1.54) is 9.21 Å². The van der Waals surface area contributed by atoms with Crippen LogP contribution in [0.15, 0.2) is 0 Å². The van der Waals surface area contributed by atoms with Gasteiger partial charge in [0.1, 0.15) is 6.54 Å². The first-order chi connectivity index (χ1) is 11.8. The molecule has 2 aliphatic carbocycles. The molecule has 3 fully saturated rings. The zero-order valence-corrected chi connectivity index (χ0v) is 15.6. The summed E-state index contributed by atoms with van der Waals surface area (Å²) < 4.78 is 25.4. The Balaban J connectivity index is 1.66. The van der Waals surface area contributed by atoms with E-state index in [4.69, 9.17) is 0 Å². The molecule has 0 radical (unpaired) electrons. The Hall–Kier alpha value is -1.15. The molecule has 25 heavy (non-hydrogen) atoms. The number of rotatable bonds is 6. The molecule has 1 spiro atoms. The van der Waals surface area contributed by atoms with Crippen LogP contribution in [0.4, 0.5) is 0 Å². The highest BCUT2D eigenvalue weighted by molar-refractivity contribution is 7.89. The number of carbonyl (C=O) groups is 2. The van der Waals surface area contributed by atoms with Gasteiger partial charge in [-0.2, -0.15) is 0 Å². The van der Waals surface area contributed by atoms with Gasteiger partial charge in [0.05, 0.1) is 5.75 Å². The van der Waals surface area contributed by atoms with Crippen molar-refractivity contribution in [3.8, 4) is 0 Å². The van der Waals surface area contributed by atoms with Gasteiger partial charge in [-0.1, -0.05) is 12.8 Å². The second kappa shape index (κ2) is 6.87. The van der Waals surface area contributed by atoms with Crippen LogP contribution in [0.2, 0.25) is 0 Å². The van der Waals surface area contributed by atoms with E-state index in [0.29, 0.717) is 25.9 Å². The van der Waals surface area contributed by atoms with Gasteiger partial charge < -0.3 is 10.0 Å². The molecule has 0 aromatic rings. The first-order valence-electron chi connectivity index (χ1n) is 9.29. The Morgan fingerprint density at radius 1 is 1.20 bits per heavy atom. The van der Waals surface area contributed by atoms with E-state index in [1.807, 2.05) is 0 Å². The molecule has 1 atom stereocenters. The Morgan fingerprint density at radius 2 is 1.80 bits per heavy atom. The van der Waals surface area contributed by atoms with E-state index in [9.17, 15) is 23.1 Å². The first kappa shape index (κ1) is 18.6. The largest absolute Gasteiger partial charge is 0.480 e. The zero-order valence-electron chi connectivity index (χ0n) is 14.8. The molecule has 0 bridgehead atoms. The minimum absolute atomic E-state index is 0.0215. The van der Waals surface area contributed by atoms with E-state index in [1.54, 1.807) is 6.92 Å². The standard InChI is InChI=1S/C17H28N2O5S/c1-2-25(23,24)18-9-5-13(6-10-18)19(12-15(20)21)16(22)14-11-17(14)7-3-4-8-17/h13-14H,2-12H2,1H3,(H,20,21). The van der Waals surface area contributed by atoms with Gasteiger partial charge in [-0.05, 0) is 44.4 Å². The molecule has 8 heteroatoms. The van der Waals surface area contributed by atoms with Gasteiger partial charge in [0.2, 0.25) is 15.9 Å². The van der Waals surface area contributed by atoms with Crippen LogP contribution >= 0.6 is 0 Å². The molecular formula is C17H28N2O5S. The van der Waals surface area contributed by atoms with Crippen molar-refractivity contribution in [1.82, 2.24) is 9.21 Å². The summed E-state index contributed by atoms with van der Waals surface area (Å²) in [5.41, 5.74) is 0.139. The minimum Gasteiger partial charge on any atom is -0.480 e. The molecule has 2 saturated carbocycles. The van der Waals surface area contributed by atoms with E-state index >= 15 is 0 Å². The maximum absolute atomic E-state index is 13.0. The number of hydrogen-bond donors (Lipinski definition) is 1. The highest BCUT2D eigenvalue weighted by Crippen LogP contribution is 2.63. The Morgan fingerprint density at radius 3 is 2.32 bits per heavy atom. The van der Waals surface area contributed by atoms with Crippen LogP contribution in [-0.2, 0) is 19.6 Å². The van der Waals surface area contributed by atoms with Gasteiger partial charge in [0, 0.05) is 25.0 Å². The van der Waals surface area contributed by atoms with Crippen LogP contribution in [0.1, 0.15) is 51.9 Å². The summed E-state index contributed by atoms with van der Waals surface area (Å²) in [7, 11) is -3.22. The molecule has 0 aromatic heterocycles. The van der Waals surface area contributed by atoms with E-state index < -0.39 is 16.0 Å². The number of carboxylic acid groups (broad SMARTS) is 1. The maximum atomic E-state index is 13.0. The van der Waals surface area contributed by atoms with Crippen molar-refractivity contribution in [2.75, 3.05) is 25.4 Å². The van der Waals surface area contributed by atoms with E-state index in [-0.39, 0.29) is 35.6 Å². The lowest BCUT2D eigenvalue weighted by Gasteiger charge is -2.37. The summed E-state index contributed by atoms with van der Waals surface area (Å²) in [6.45, 7) is 2.06. The number of sulfonamides is 1. The second-order valence-corrected chi connectivity index (χ2v) is 9.97. The molecule has 142 valence electrons. The average Bonchev–Trinajstić information content (AvgIpc) is 3.08. The summed E-state index contributed by atoms with van der Waals surface area (Å²) in [5, 5.41) is 9.24. The number of carboxylic acids is 1. The number of piperidine rings is 1. The number of hydrogen-bond acceptors (Lipinski definition) is 4. The van der Waals surface area contributed by atoms with Crippen LogP contribution < -0.4 is 0 Å². The highest BCUT2D eigenvalue weighted by Gasteiger charge is 2.60. The summed E-state index contributed by atoms with van der Waals surface area (Å²) in [6.07, 6.45) is 6.40. The van der Waals surface area contributed by atoms with Crippen molar-refractivity contribution in [2.45, 2.75) is 57.9 Å². The van der Waals surface area contributed by atoms with Gasteiger partial charge in [0.25, 0.3) is 0 Å². The van der Waals surface area contributed by atoms with Crippen molar-refractivity contribution >= 4 is 21.9 Å². The summed E-state index contributed by atoms with van der Waals surface area (Å²) >= 11 is 0. The maximum Gasteiger partial charge on any atom is 0.323 e. The van der Waals surface area contributed by atoms with Crippen molar-refractivity contribution in [1.29, 1.82) is 0 Å². The van der Waals surface area contributed by atoms with Gasteiger partial charge in [-0.15, -0.1) is 0 Å². The van der Waals surface area contributed by atoms with Crippen molar-refractivity contribution < 1.29 is 23.1 Å². The molecular weight excluding hydrogens is 344 g/mol. The van der Waals surface area contributed by atoms with Crippen LogP contribution in [0, 0.1) is 11.3 Å². The Kier molecular flexibility index (Phi) is 5.12. The highest BCUT2D eigenvalue weighted by atomic mass is 32.2.